The van der Waals surface area contributed by atoms with Gasteiger partial charge in [0.15, 0.2) is 0 Å². The number of rotatable bonds is 7. The van der Waals surface area contributed by atoms with E-state index in [1.54, 1.807) is 12.1 Å². The van der Waals surface area contributed by atoms with Gasteiger partial charge >= 0.3 is 12.0 Å². The van der Waals surface area contributed by atoms with Crippen molar-refractivity contribution in [2.75, 3.05) is 12.0 Å². The number of urea groups is 1. The summed E-state index contributed by atoms with van der Waals surface area (Å²) in [7, 11) is 0. The third kappa shape index (κ3) is 5.69. The molecule has 0 spiro atoms. The smallest absolute Gasteiger partial charge is 0.326 e. The van der Waals surface area contributed by atoms with E-state index in [-0.39, 0.29) is 6.54 Å². The second kappa shape index (κ2) is 7.73. The van der Waals surface area contributed by atoms with Crippen LogP contribution in [-0.2, 0) is 11.3 Å². The van der Waals surface area contributed by atoms with Crippen LogP contribution in [0.4, 0.5) is 4.79 Å². The zero-order chi connectivity index (χ0) is 14.3. The van der Waals surface area contributed by atoms with Gasteiger partial charge < -0.3 is 20.2 Å². The minimum absolute atomic E-state index is 0.231. The highest BCUT2D eigenvalue weighted by atomic mass is 32.2. The van der Waals surface area contributed by atoms with Crippen molar-refractivity contribution in [1.82, 2.24) is 10.6 Å². The van der Waals surface area contributed by atoms with Gasteiger partial charge in [-0.3, -0.25) is 0 Å². The molecule has 2 amide bonds. The number of thioether (sulfide) groups is 1. The molecule has 6 nitrogen and oxygen atoms in total. The van der Waals surface area contributed by atoms with Crippen LogP contribution in [0, 0.1) is 6.92 Å². The number of carboxylic acid groups (broad SMARTS) is 1. The molecule has 1 atom stereocenters. The van der Waals surface area contributed by atoms with Gasteiger partial charge in [-0.25, -0.2) is 9.59 Å². The lowest BCUT2D eigenvalue weighted by Gasteiger charge is -2.14. The van der Waals surface area contributed by atoms with Gasteiger partial charge in [0.05, 0.1) is 6.54 Å². The summed E-state index contributed by atoms with van der Waals surface area (Å²) in [5.74, 6) is 1.04. The molecule has 106 valence electrons. The fourth-order valence-corrected chi connectivity index (χ4v) is 1.92. The Morgan fingerprint density at radius 1 is 1.47 bits per heavy atom. The maximum Gasteiger partial charge on any atom is 0.326 e. The highest BCUT2D eigenvalue weighted by molar-refractivity contribution is 7.98. The minimum Gasteiger partial charge on any atom is -0.480 e. The minimum atomic E-state index is -1.03. The molecule has 0 aliphatic rings. The first-order valence-corrected chi connectivity index (χ1v) is 7.23. The predicted molar refractivity (Wildman–Crippen MR) is 73.2 cm³/mol. The second-order valence-electron chi connectivity index (χ2n) is 4.01. The van der Waals surface area contributed by atoms with Gasteiger partial charge in [-0.2, -0.15) is 11.8 Å². The average Bonchev–Trinajstić information content (AvgIpc) is 2.77. The number of nitrogens with one attached hydrogen (secondary N) is 2. The van der Waals surface area contributed by atoms with Crippen molar-refractivity contribution in [3.8, 4) is 0 Å². The van der Waals surface area contributed by atoms with Crippen LogP contribution < -0.4 is 10.6 Å². The van der Waals surface area contributed by atoms with E-state index >= 15 is 0 Å². The molecule has 1 aromatic rings. The molecule has 0 aromatic carbocycles. The van der Waals surface area contributed by atoms with Crippen molar-refractivity contribution in [2.24, 2.45) is 0 Å². The fraction of sp³-hybridized carbons (Fsp3) is 0.500. The topological polar surface area (TPSA) is 91.6 Å². The monoisotopic (exact) mass is 286 g/mol. The molecule has 0 aliphatic carbocycles. The van der Waals surface area contributed by atoms with E-state index in [4.69, 9.17) is 9.52 Å². The summed E-state index contributed by atoms with van der Waals surface area (Å²) in [6, 6.07) is 2.18. The summed E-state index contributed by atoms with van der Waals surface area (Å²) in [5, 5.41) is 14.0. The van der Waals surface area contributed by atoms with Crippen molar-refractivity contribution in [3.63, 3.8) is 0 Å². The highest BCUT2D eigenvalue weighted by Gasteiger charge is 2.19. The van der Waals surface area contributed by atoms with Gasteiger partial charge in [0, 0.05) is 0 Å². The molecule has 0 radical (unpaired) electrons. The first-order valence-electron chi connectivity index (χ1n) is 5.84. The molecule has 0 saturated heterocycles. The molecule has 1 aromatic heterocycles. The summed E-state index contributed by atoms with van der Waals surface area (Å²) in [5.41, 5.74) is 0. The lowest BCUT2D eigenvalue weighted by atomic mass is 10.2. The number of carboxylic acids is 1. The maximum absolute atomic E-state index is 11.6. The SMILES string of the molecule is CSCC[C@H](NC(=O)NCc1ccc(C)o1)C(=O)O. The summed E-state index contributed by atoms with van der Waals surface area (Å²) >= 11 is 1.54. The Hall–Kier alpha value is -1.63. The molecular weight excluding hydrogens is 268 g/mol. The third-order valence-electron chi connectivity index (χ3n) is 2.43. The Morgan fingerprint density at radius 2 is 2.21 bits per heavy atom. The lowest BCUT2D eigenvalue weighted by molar-refractivity contribution is -0.139. The first-order chi connectivity index (χ1) is 9.02. The number of aryl methyl sites for hydroxylation is 1. The van der Waals surface area contributed by atoms with E-state index in [2.05, 4.69) is 10.6 Å². The average molecular weight is 286 g/mol. The Bertz CT molecular complexity index is 433. The number of hydrogen-bond donors (Lipinski definition) is 3. The number of aliphatic carboxylic acids is 1. The van der Waals surface area contributed by atoms with Crippen molar-refractivity contribution >= 4 is 23.8 Å². The van der Waals surface area contributed by atoms with E-state index in [0.29, 0.717) is 17.9 Å². The number of hydrogen-bond acceptors (Lipinski definition) is 4. The molecule has 0 bridgehead atoms. The fourth-order valence-electron chi connectivity index (χ4n) is 1.45. The van der Waals surface area contributed by atoms with Crippen molar-refractivity contribution in [2.45, 2.75) is 25.9 Å². The van der Waals surface area contributed by atoms with Gasteiger partial charge in [0.1, 0.15) is 17.6 Å². The first kappa shape index (κ1) is 15.4. The Kier molecular flexibility index (Phi) is 6.27. The van der Waals surface area contributed by atoms with Gasteiger partial charge in [0.2, 0.25) is 0 Å². The van der Waals surface area contributed by atoms with E-state index in [1.165, 1.54) is 11.8 Å². The van der Waals surface area contributed by atoms with Crippen LogP contribution in [0.5, 0.6) is 0 Å². The number of carbonyl (C=O) groups excluding carboxylic acids is 1. The Labute approximate surface area is 115 Å². The molecule has 1 rings (SSSR count). The molecule has 0 aliphatic heterocycles. The quantitative estimate of drug-likeness (QED) is 0.708. The van der Waals surface area contributed by atoms with Gasteiger partial charge in [0.25, 0.3) is 0 Å². The predicted octanol–water partition coefficient (Wildman–Crippen LogP) is 1.59. The van der Waals surface area contributed by atoms with E-state index in [9.17, 15) is 9.59 Å². The van der Waals surface area contributed by atoms with Crippen LogP contribution in [0.2, 0.25) is 0 Å². The molecule has 1 heterocycles. The molecule has 0 fully saturated rings. The van der Waals surface area contributed by atoms with Crippen LogP contribution in [0.15, 0.2) is 16.5 Å². The van der Waals surface area contributed by atoms with Gasteiger partial charge in [-0.15, -0.1) is 0 Å². The Balaban J connectivity index is 2.37. The molecule has 19 heavy (non-hydrogen) atoms. The number of carbonyl (C=O) groups is 2. The standard InChI is InChI=1S/C12H18N2O4S/c1-8-3-4-9(18-8)7-13-12(17)14-10(11(15)16)5-6-19-2/h3-4,10H,5-7H2,1-2H3,(H,15,16)(H2,13,14,17)/t10-/m0/s1. The van der Waals surface area contributed by atoms with Crippen molar-refractivity contribution in [1.29, 1.82) is 0 Å². The van der Waals surface area contributed by atoms with Crippen LogP contribution in [0.3, 0.4) is 0 Å². The summed E-state index contributed by atoms with van der Waals surface area (Å²) in [6.07, 6.45) is 2.28. The van der Waals surface area contributed by atoms with Crippen molar-refractivity contribution < 1.29 is 19.1 Å². The highest BCUT2D eigenvalue weighted by Crippen LogP contribution is 2.05. The van der Waals surface area contributed by atoms with Gasteiger partial charge in [-0.1, -0.05) is 0 Å². The third-order valence-corrected chi connectivity index (χ3v) is 3.08. The Morgan fingerprint density at radius 3 is 2.74 bits per heavy atom. The molecule has 7 heteroatoms. The summed E-state index contributed by atoms with van der Waals surface area (Å²) in [6.45, 7) is 2.04. The molecular formula is C12H18N2O4S. The lowest BCUT2D eigenvalue weighted by Crippen LogP contribution is -2.46. The van der Waals surface area contributed by atoms with Crippen LogP contribution in [0.25, 0.3) is 0 Å². The maximum atomic E-state index is 11.6. The molecule has 0 unspecified atom stereocenters. The molecule has 3 N–H and O–H groups in total. The zero-order valence-electron chi connectivity index (χ0n) is 10.9. The molecule has 0 saturated carbocycles. The summed E-state index contributed by atoms with van der Waals surface area (Å²) in [4.78, 5) is 22.5. The second-order valence-corrected chi connectivity index (χ2v) is 5.00. The number of furan rings is 1. The largest absolute Gasteiger partial charge is 0.480 e. The van der Waals surface area contributed by atoms with Crippen LogP contribution in [0.1, 0.15) is 17.9 Å². The van der Waals surface area contributed by atoms with E-state index < -0.39 is 18.0 Å². The zero-order valence-corrected chi connectivity index (χ0v) is 11.8. The van der Waals surface area contributed by atoms with E-state index in [0.717, 1.165) is 5.76 Å². The van der Waals surface area contributed by atoms with Crippen LogP contribution in [-0.4, -0.2) is 35.2 Å². The normalized spacial score (nSPS) is 11.9. The summed E-state index contributed by atoms with van der Waals surface area (Å²) < 4.78 is 5.29. The van der Waals surface area contributed by atoms with Gasteiger partial charge in [-0.05, 0) is 37.5 Å². The van der Waals surface area contributed by atoms with Crippen molar-refractivity contribution in [3.05, 3.63) is 23.7 Å². The van der Waals surface area contributed by atoms with Crippen LogP contribution >= 0.6 is 11.8 Å². The van der Waals surface area contributed by atoms with E-state index in [1.807, 2.05) is 13.2 Å². The number of amides is 2.